The molecule has 1 aliphatic heterocycles. The van der Waals surface area contributed by atoms with E-state index in [1.54, 1.807) is 0 Å². The normalized spacial score (nSPS) is 20.6. The fourth-order valence-electron chi connectivity index (χ4n) is 2.16. The Morgan fingerprint density at radius 3 is 2.65 bits per heavy atom. The van der Waals surface area contributed by atoms with E-state index in [1.165, 1.54) is 4.90 Å². The van der Waals surface area contributed by atoms with Gasteiger partial charge >= 0.3 is 6.09 Å². The van der Waals surface area contributed by atoms with E-state index in [0.29, 0.717) is 0 Å². The second kappa shape index (κ2) is 5.99. The molecule has 0 bridgehead atoms. The molecule has 108 valence electrons. The first-order chi connectivity index (χ1) is 9.46. The monoisotopic (exact) mass is 387 g/mol. The largest absolute Gasteiger partial charge is 0.444 e. The number of hydrogen-bond donors (Lipinski definition) is 1. The van der Waals surface area contributed by atoms with Gasteiger partial charge in [0.1, 0.15) is 6.61 Å². The lowest BCUT2D eigenvalue weighted by atomic mass is 9.97. The van der Waals surface area contributed by atoms with E-state index < -0.39 is 11.6 Å². The number of rotatable bonds is 3. The second-order valence-corrected chi connectivity index (χ2v) is 6.07. The Hall–Kier alpha value is -1.31. The molecule has 1 aromatic rings. The number of aliphatic imine (C=N–C) groups is 1. The van der Waals surface area contributed by atoms with Crippen LogP contribution in [-0.4, -0.2) is 33.0 Å². The first-order valence-corrected chi connectivity index (χ1v) is 7.89. The van der Waals surface area contributed by atoms with Crippen LogP contribution in [0, 0.1) is 0 Å². The molecule has 1 heterocycles. The number of alkyl halides is 1. The maximum Gasteiger partial charge on any atom is 0.417 e. The minimum absolute atomic E-state index is 0.00706. The minimum Gasteiger partial charge on any atom is -0.444 e. The SMILES string of the molecule is CC1(C)C(CI)N=C(N)N1C(=O)OCc1ccccc1. The van der Waals surface area contributed by atoms with Crippen LogP contribution in [0.3, 0.4) is 0 Å². The molecule has 1 unspecified atom stereocenters. The van der Waals surface area contributed by atoms with Gasteiger partial charge in [-0.2, -0.15) is 0 Å². The van der Waals surface area contributed by atoms with E-state index in [4.69, 9.17) is 10.5 Å². The van der Waals surface area contributed by atoms with Crippen LogP contribution in [0.15, 0.2) is 35.3 Å². The molecule has 0 radical (unpaired) electrons. The Morgan fingerprint density at radius 2 is 2.10 bits per heavy atom. The number of guanidine groups is 1. The molecule has 1 aromatic carbocycles. The van der Waals surface area contributed by atoms with Crippen molar-refractivity contribution in [1.29, 1.82) is 0 Å². The number of hydrogen-bond acceptors (Lipinski definition) is 4. The number of amides is 1. The van der Waals surface area contributed by atoms with Crippen molar-refractivity contribution >= 4 is 34.6 Å². The Bertz CT molecular complexity index is 516. The molecule has 5 nitrogen and oxygen atoms in total. The molecule has 6 heteroatoms. The molecular formula is C14H18IN3O2. The number of nitrogens with zero attached hydrogens (tertiary/aromatic N) is 2. The van der Waals surface area contributed by atoms with Crippen LogP contribution in [0.5, 0.6) is 0 Å². The molecule has 0 saturated heterocycles. The number of carbonyl (C=O) groups is 1. The predicted molar refractivity (Wildman–Crippen MR) is 86.8 cm³/mol. The molecule has 0 saturated carbocycles. The molecule has 0 aromatic heterocycles. The Labute approximate surface area is 132 Å². The number of halogens is 1. The molecule has 2 N–H and O–H groups in total. The summed E-state index contributed by atoms with van der Waals surface area (Å²) in [6, 6.07) is 9.55. The summed E-state index contributed by atoms with van der Waals surface area (Å²) in [6.07, 6.45) is -0.451. The van der Waals surface area contributed by atoms with Crippen molar-refractivity contribution < 1.29 is 9.53 Å². The summed E-state index contributed by atoms with van der Waals surface area (Å²) in [5.74, 6) is 0.231. The third-order valence-corrected chi connectivity index (χ3v) is 4.28. The topological polar surface area (TPSA) is 67.9 Å². The van der Waals surface area contributed by atoms with Gasteiger partial charge in [0, 0.05) is 4.43 Å². The van der Waals surface area contributed by atoms with Crippen molar-refractivity contribution in [3.05, 3.63) is 35.9 Å². The van der Waals surface area contributed by atoms with Crippen molar-refractivity contribution in [2.24, 2.45) is 10.7 Å². The summed E-state index contributed by atoms with van der Waals surface area (Å²) in [5, 5.41) is 0. The van der Waals surface area contributed by atoms with Gasteiger partial charge < -0.3 is 10.5 Å². The van der Waals surface area contributed by atoms with Crippen LogP contribution >= 0.6 is 22.6 Å². The van der Waals surface area contributed by atoms with E-state index in [0.717, 1.165) is 9.99 Å². The molecular weight excluding hydrogens is 369 g/mol. The summed E-state index contributed by atoms with van der Waals surface area (Å²) in [4.78, 5) is 18.0. The van der Waals surface area contributed by atoms with E-state index in [9.17, 15) is 4.79 Å². The van der Waals surface area contributed by atoms with Crippen molar-refractivity contribution in [3.63, 3.8) is 0 Å². The second-order valence-electron chi connectivity index (χ2n) is 5.19. The Morgan fingerprint density at radius 1 is 1.45 bits per heavy atom. The third-order valence-electron chi connectivity index (χ3n) is 3.44. The van der Waals surface area contributed by atoms with Crippen molar-refractivity contribution in [2.75, 3.05) is 4.43 Å². The smallest absolute Gasteiger partial charge is 0.417 e. The van der Waals surface area contributed by atoms with Gasteiger partial charge in [0.05, 0.1) is 11.6 Å². The van der Waals surface area contributed by atoms with E-state index in [-0.39, 0.29) is 18.6 Å². The van der Waals surface area contributed by atoms with Gasteiger partial charge in [-0.3, -0.25) is 0 Å². The Kier molecular flexibility index (Phi) is 4.52. The Balaban J connectivity index is 2.04. The average molecular weight is 387 g/mol. The van der Waals surface area contributed by atoms with Crippen LogP contribution in [0.1, 0.15) is 19.4 Å². The summed E-state index contributed by atoms with van der Waals surface area (Å²) in [6.45, 7) is 4.13. The molecule has 1 aliphatic rings. The number of carbonyl (C=O) groups excluding carboxylic acids is 1. The van der Waals surface area contributed by atoms with Gasteiger partial charge in [0.15, 0.2) is 0 Å². The van der Waals surface area contributed by atoms with Gasteiger partial charge in [0.25, 0.3) is 0 Å². The molecule has 1 amide bonds. The molecule has 0 fully saturated rings. The van der Waals surface area contributed by atoms with Crippen molar-refractivity contribution in [2.45, 2.75) is 32.0 Å². The number of nitrogens with two attached hydrogens (primary N) is 1. The highest BCUT2D eigenvalue weighted by molar-refractivity contribution is 14.1. The number of ether oxygens (including phenoxy) is 1. The van der Waals surface area contributed by atoms with Gasteiger partial charge in [-0.1, -0.05) is 52.9 Å². The lowest BCUT2D eigenvalue weighted by Gasteiger charge is -2.33. The quantitative estimate of drug-likeness (QED) is 0.640. The highest BCUT2D eigenvalue weighted by atomic mass is 127. The van der Waals surface area contributed by atoms with Gasteiger partial charge in [-0.05, 0) is 19.4 Å². The first-order valence-electron chi connectivity index (χ1n) is 6.37. The van der Waals surface area contributed by atoms with Gasteiger partial charge in [-0.15, -0.1) is 0 Å². The van der Waals surface area contributed by atoms with Crippen LogP contribution in [0.4, 0.5) is 4.79 Å². The van der Waals surface area contributed by atoms with E-state index >= 15 is 0 Å². The summed E-state index contributed by atoms with van der Waals surface area (Å²) >= 11 is 2.25. The van der Waals surface area contributed by atoms with Crippen LogP contribution in [-0.2, 0) is 11.3 Å². The lowest BCUT2D eigenvalue weighted by Crippen LogP contribution is -2.54. The highest BCUT2D eigenvalue weighted by Gasteiger charge is 2.46. The van der Waals surface area contributed by atoms with Crippen molar-refractivity contribution in [3.8, 4) is 0 Å². The maximum absolute atomic E-state index is 12.2. The van der Waals surface area contributed by atoms with Crippen LogP contribution in [0.2, 0.25) is 0 Å². The molecule has 0 aliphatic carbocycles. The predicted octanol–water partition coefficient (Wildman–Crippen LogP) is 2.54. The third kappa shape index (κ3) is 2.89. The summed E-state index contributed by atoms with van der Waals surface area (Å²) < 4.78 is 6.13. The van der Waals surface area contributed by atoms with Gasteiger partial charge in [-0.25, -0.2) is 14.7 Å². The molecule has 0 spiro atoms. The lowest BCUT2D eigenvalue weighted by molar-refractivity contribution is 0.0913. The molecule has 20 heavy (non-hydrogen) atoms. The molecule has 1 atom stereocenters. The first kappa shape index (κ1) is 15.1. The zero-order valence-electron chi connectivity index (χ0n) is 11.5. The number of benzene rings is 1. The van der Waals surface area contributed by atoms with Crippen LogP contribution < -0.4 is 5.73 Å². The molecule has 2 rings (SSSR count). The van der Waals surface area contributed by atoms with E-state index in [1.807, 2.05) is 44.2 Å². The van der Waals surface area contributed by atoms with Crippen molar-refractivity contribution in [1.82, 2.24) is 4.90 Å². The van der Waals surface area contributed by atoms with E-state index in [2.05, 4.69) is 27.6 Å². The average Bonchev–Trinajstić information content (AvgIpc) is 2.66. The van der Waals surface area contributed by atoms with Gasteiger partial charge in [0.2, 0.25) is 5.96 Å². The summed E-state index contributed by atoms with van der Waals surface area (Å²) in [7, 11) is 0. The fraction of sp³-hybridized carbons (Fsp3) is 0.429. The standard InChI is InChI=1S/C14H18IN3O2/c1-14(2)11(8-15)17-12(16)18(14)13(19)20-9-10-6-4-3-5-7-10/h3-7,11H,8-9H2,1-2H3,(H2,16,17). The highest BCUT2D eigenvalue weighted by Crippen LogP contribution is 2.29. The summed E-state index contributed by atoms with van der Waals surface area (Å²) in [5.41, 5.74) is 6.35. The zero-order valence-corrected chi connectivity index (χ0v) is 13.7. The fourth-order valence-corrected chi connectivity index (χ4v) is 3.43. The maximum atomic E-state index is 12.2. The minimum atomic E-state index is -0.459. The van der Waals surface area contributed by atoms with Crippen LogP contribution in [0.25, 0.3) is 0 Å². The zero-order chi connectivity index (χ0) is 14.8.